The topological polar surface area (TPSA) is 110 Å². The van der Waals surface area contributed by atoms with Gasteiger partial charge in [0.25, 0.3) is 6.43 Å². The number of aliphatic imine (C=N–C) groups is 1. The Labute approximate surface area is 186 Å². The molecule has 3 heterocycles. The molecular formula is C21H17ClF2N6O2. The monoisotopic (exact) mass is 458 g/mol. The molecule has 1 saturated heterocycles. The van der Waals surface area contributed by atoms with E-state index in [9.17, 15) is 24.3 Å². The van der Waals surface area contributed by atoms with Crippen LogP contribution in [0.4, 0.5) is 14.6 Å². The second-order valence-corrected chi connectivity index (χ2v) is 7.60. The van der Waals surface area contributed by atoms with Crippen molar-refractivity contribution in [2.75, 3.05) is 18.0 Å². The molecule has 8 nitrogen and oxygen atoms in total. The van der Waals surface area contributed by atoms with Crippen molar-refractivity contribution in [1.82, 2.24) is 14.6 Å². The maximum absolute atomic E-state index is 13.5. The molecule has 0 atom stereocenters. The molecule has 2 N–H and O–H groups in total. The smallest absolute Gasteiger partial charge is 0.283 e. The second kappa shape index (κ2) is 8.18. The summed E-state index contributed by atoms with van der Waals surface area (Å²) in [5, 5.41) is 33.7. The number of aliphatic hydroxyl groups excluding tert-OH is 2. The number of allylic oxidation sites excluding steroid dienone is 4. The fourth-order valence-electron chi connectivity index (χ4n) is 3.60. The van der Waals surface area contributed by atoms with Gasteiger partial charge in [0.2, 0.25) is 0 Å². The maximum atomic E-state index is 13.5. The first-order valence-electron chi connectivity index (χ1n) is 9.49. The molecule has 2 aromatic heterocycles. The lowest BCUT2D eigenvalue weighted by Gasteiger charge is -2.38. The molecule has 1 aliphatic carbocycles. The summed E-state index contributed by atoms with van der Waals surface area (Å²) in [5.41, 5.74) is 0.621. The van der Waals surface area contributed by atoms with Crippen molar-refractivity contribution in [1.29, 1.82) is 5.26 Å². The number of halogens is 3. The number of anilines is 1. The Hall–Kier alpha value is -3.55. The Morgan fingerprint density at radius 2 is 2.12 bits per heavy atom. The predicted octanol–water partition coefficient (Wildman–Crippen LogP) is 3.57. The third-order valence-electron chi connectivity index (χ3n) is 5.13. The van der Waals surface area contributed by atoms with Gasteiger partial charge in [-0.1, -0.05) is 24.3 Å². The Morgan fingerprint density at radius 3 is 2.72 bits per heavy atom. The molecule has 4 rings (SSSR count). The Balaban J connectivity index is 2.01. The number of aromatic nitrogens is 3. The molecule has 2 aromatic rings. The molecule has 32 heavy (non-hydrogen) atoms. The third-order valence-corrected chi connectivity index (χ3v) is 5.43. The normalized spacial score (nSPS) is 19.3. The van der Waals surface area contributed by atoms with Crippen LogP contribution in [-0.4, -0.2) is 49.7 Å². The fourth-order valence-corrected chi connectivity index (χ4v) is 3.76. The van der Waals surface area contributed by atoms with Gasteiger partial charge in [-0.3, -0.25) is 4.99 Å². The van der Waals surface area contributed by atoms with Gasteiger partial charge >= 0.3 is 0 Å². The van der Waals surface area contributed by atoms with Crippen molar-refractivity contribution >= 4 is 34.9 Å². The van der Waals surface area contributed by atoms with Crippen molar-refractivity contribution in [2.45, 2.75) is 19.5 Å². The quantitative estimate of drug-likeness (QED) is 0.724. The molecular weight excluding hydrogens is 442 g/mol. The minimum Gasteiger partial charge on any atom is -0.504 e. The van der Waals surface area contributed by atoms with E-state index in [0.717, 1.165) is 0 Å². The van der Waals surface area contributed by atoms with E-state index in [4.69, 9.17) is 11.6 Å². The van der Waals surface area contributed by atoms with Crippen molar-refractivity contribution in [3.63, 3.8) is 0 Å². The second-order valence-electron chi connectivity index (χ2n) is 7.19. The van der Waals surface area contributed by atoms with E-state index in [2.05, 4.69) is 21.7 Å². The SMILES string of the molecule is C=CN=C1C(O)=C(Cl)C=C/C1=C\c1c(C)nc2c(C#N)c(C(F)F)nn2c1N1CC(O)C1. The number of rotatable bonds is 4. The molecule has 0 spiro atoms. The van der Waals surface area contributed by atoms with E-state index < -0.39 is 18.2 Å². The molecule has 0 unspecified atom stereocenters. The van der Waals surface area contributed by atoms with E-state index in [0.29, 0.717) is 22.6 Å². The Bertz CT molecular complexity index is 1300. The average molecular weight is 459 g/mol. The lowest BCUT2D eigenvalue weighted by molar-refractivity contribution is 0.139. The zero-order valence-electron chi connectivity index (χ0n) is 16.8. The summed E-state index contributed by atoms with van der Waals surface area (Å²) in [6.07, 6.45) is 2.51. The van der Waals surface area contributed by atoms with Crippen LogP contribution in [0.15, 0.2) is 46.3 Å². The molecule has 0 bridgehead atoms. The van der Waals surface area contributed by atoms with E-state index in [-0.39, 0.29) is 40.8 Å². The highest BCUT2D eigenvalue weighted by atomic mass is 35.5. The summed E-state index contributed by atoms with van der Waals surface area (Å²) in [5.74, 6) is 0.152. The van der Waals surface area contributed by atoms with Gasteiger partial charge in [0.1, 0.15) is 28.9 Å². The average Bonchev–Trinajstić information content (AvgIpc) is 3.10. The minimum atomic E-state index is -2.96. The van der Waals surface area contributed by atoms with E-state index in [1.165, 1.54) is 16.8 Å². The molecule has 2 aliphatic rings. The standard InChI is InChI=1S/C21H17ClF2N6O2/c1-3-26-16-11(4-5-15(22)18(16)32)6-13-10(2)27-20-14(7-25)17(19(23)24)28-30(20)21(13)29-8-12(31)9-29/h3-6,12,19,31-32H,1,8-9H2,2H3/b11-6+,26-16?. The van der Waals surface area contributed by atoms with Crippen LogP contribution in [0.2, 0.25) is 0 Å². The zero-order valence-corrected chi connectivity index (χ0v) is 17.6. The highest BCUT2D eigenvalue weighted by molar-refractivity contribution is 6.36. The van der Waals surface area contributed by atoms with E-state index in [1.54, 1.807) is 30.0 Å². The summed E-state index contributed by atoms with van der Waals surface area (Å²) in [6.45, 7) is 5.72. The molecule has 1 aliphatic heterocycles. The number of aliphatic hydroxyl groups is 2. The number of nitriles is 1. The summed E-state index contributed by atoms with van der Waals surface area (Å²) in [7, 11) is 0. The van der Waals surface area contributed by atoms with Crippen LogP contribution in [-0.2, 0) is 0 Å². The lowest BCUT2D eigenvalue weighted by Crippen LogP contribution is -2.52. The number of fused-ring (bicyclic) bond motifs is 1. The third kappa shape index (κ3) is 3.45. The van der Waals surface area contributed by atoms with Crippen LogP contribution in [0.25, 0.3) is 11.7 Å². The maximum Gasteiger partial charge on any atom is 0.283 e. The van der Waals surface area contributed by atoms with Crippen molar-refractivity contribution in [3.05, 3.63) is 63.8 Å². The summed E-state index contributed by atoms with van der Waals surface area (Å²) < 4.78 is 28.3. The van der Waals surface area contributed by atoms with E-state index in [1.807, 2.05) is 0 Å². The van der Waals surface area contributed by atoms with Crippen LogP contribution in [0.3, 0.4) is 0 Å². The number of nitrogens with zero attached hydrogens (tertiary/aromatic N) is 6. The summed E-state index contributed by atoms with van der Waals surface area (Å²) >= 11 is 6.01. The van der Waals surface area contributed by atoms with Gasteiger partial charge in [-0.25, -0.2) is 13.8 Å². The Morgan fingerprint density at radius 1 is 1.41 bits per heavy atom. The first-order valence-corrected chi connectivity index (χ1v) is 9.87. The van der Waals surface area contributed by atoms with Gasteiger partial charge in [0.15, 0.2) is 11.4 Å². The first-order chi connectivity index (χ1) is 15.3. The summed E-state index contributed by atoms with van der Waals surface area (Å²) in [4.78, 5) is 10.2. The highest BCUT2D eigenvalue weighted by Gasteiger charge is 2.32. The zero-order chi connectivity index (χ0) is 23.2. The Kier molecular flexibility index (Phi) is 5.54. The van der Waals surface area contributed by atoms with Gasteiger partial charge in [-0.05, 0) is 19.1 Å². The molecule has 0 radical (unpaired) electrons. The number of alkyl halides is 2. The number of β-amino-alcohol motifs (C(OH)–C–C–N with tert-alkyl or cyclic N) is 1. The van der Waals surface area contributed by atoms with Crippen molar-refractivity contribution in [3.8, 4) is 6.07 Å². The largest absolute Gasteiger partial charge is 0.504 e. The van der Waals surface area contributed by atoms with Gasteiger partial charge in [-0.15, -0.1) is 0 Å². The molecule has 11 heteroatoms. The molecule has 0 amide bonds. The van der Waals surface area contributed by atoms with Crippen LogP contribution < -0.4 is 4.90 Å². The molecule has 0 aromatic carbocycles. The number of aryl methyl sites for hydroxylation is 1. The number of hydrogen-bond acceptors (Lipinski definition) is 7. The van der Waals surface area contributed by atoms with Crippen molar-refractivity contribution < 1.29 is 19.0 Å². The van der Waals surface area contributed by atoms with Gasteiger partial charge in [0, 0.05) is 30.4 Å². The fraction of sp³-hybridized carbons (Fsp3) is 0.238. The first kappa shape index (κ1) is 21.7. The van der Waals surface area contributed by atoms with Gasteiger partial charge < -0.3 is 15.1 Å². The number of hydrogen-bond donors (Lipinski definition) is 2. The van der Waals surface area contributed by atoms with Crippen LogP contribution in [0.5, 0.6) is 0 Å². The minimum absolute atomic E-state index is 0.00351. The van der Waals surface area contributed by atoms with Gasteiger partial charge in [0.05, 0.1) is 16.8 Å². The van der Waals surface area contributed by atoms with Crippen LogP contribution in [0.1, 0.15) is 28.9 Å². The van der Waals surface area contributed by atoms with Crippen molar-refractivity contribution in [2.24, 2.45) is 4.99 Å². The highest BCUT2D eigenvalue weighted by Crippen LogP contribution is 2.34. The van der Waals surface area contributed by atoms with E-state index >= 15 is 0 Å². The van der Waals surface area contributed by atoms with Crippen LogP contribution >= 0.6 is 11.6 Å². The lowest BCUT2D eigenvalue weighted by atomic mass is 9.99. The summed E-state index contributed by atoms with van der Waals surface area (Å²) in [6, 6.07) is 1.77. The molecule has 0 saturated carbocycles. The molecule has 164 valence electrons. The van der Waals surface area contributed by atoms with Gasteiger partial charge in [-0.2, -0.15) is 14.9 Å². The molecule has 1 fully saturated rings. The predicted molar refractivity (Wildman–Crippen MR) is 116 cm³/mol. The van der Waals surface area contributed by atoms with Crippen LogP contribution in [0, 0.1) is 18.3 Å².